The van der Waals surface area contributed by atoms with E-state index < -0.39 is 0 Å². The molecular formula is C14H19N5. The number of piperidine rings is 1. The molecule has 4 heterocycles. The van der Waals surface area contributed by atoms with Gasteiger partial charge in [0.1, 0.15) is 12.2 Å². The fraction of sp³-hybridized carbons (Fsp3) is 0.643. The first-order valence-corrected chi connectivity index (χ1v) is 7.20. The van der Waals surface area contributed by atoms with Crippen LogP contribution in [-0.2, 0) is 6.42 Å². The third-order valence-electron chi connectivity index (χ3n) is 4.55. The van der Waals surface area contributed by atoms with Gasteiger partial charge in [-0.2, -0.15) is 0 Å². The van der Waals surface area contributed by atoms with Crippen LogP contribution in [-0.4, -0.2) is 31.7 Å². The first kappa shape index (κ1) is 11.3. The van der Waals surface area contributed by atoms with Crippen LogP contribution in [0.3, 0.4) is 0 Å². The van der Waals surface area contributed by atoms with E-state index >= 15 is 0 Å². The highest BCUT2D eigenvalue weighted by molar-refractivity contribution is 5.38. The van der Waals surface area contributed by atoms with Gasteiger partial charge >= 0.3 is 0 Å². The maximum Gasteiger partial charge on any atom is 0.163 e. The van der Waals surface area contributed by atoms with Crippen molar-refractivity contribution in [2.75, 3.05) is 0 Å². The van der Waals surface area contributed by atoms with Crippen LogP contribution in [0.1, 0.15) is 37.2 Å². The summed E-state index contributed by atoms with van der Waals surface area (Å²) in [7, 11) is 0. The zero-order valence-electron chi connectivity index (χ0n) is 11.2. The van der Waals surface area contributed by atoms with Gasteiger partial charge in [0.2, 0.25) is 0 Å². The molecule has 19 heavy (non-hydrogen) atoms. The maximum atomic E-state index is 4.35. The van der Waals surface area contributed by atoms with E-state index in [9.17, 15) is 0 Å². The molecule has 2 fully saturated rings. The van der Waals surface area contributed by atoms with Crippen LogP contribution in [0.25, 0.3) is 5.65 Å². The molecule has 2 aromatic rings. The lowest BCUT2D eigenvalue weighted by atomic mass is 9.89. The largest absolute Gasteiger partial charge is 0.311 e. The Hall–Kier alpha value is -1.49. The number of rotatable bonds is 2. The SMILES string of the molecule is Cc1cc2nnc(CC3CC4CCC(C3)N4)n2cn1. The molecule has 0 radical (unpaired) electrons. The van der Waals surface area contributed by atoms with Crippen molar-refractivity contribution in [1.82, 2.24) is 24.9 Å². The molecule has 2 atom stereocenters. The van der Waals surface area contributed by atoms with Gasteiger partial charge in [-0.25, -0.2) is 4.98 Å². The zero-order chi connectivity index (χ0) is 12.8. The molecule has 0 spiro atoms. The predicted octanol–water partition coefficient (Wildman–Crippen LogP) is 1.51. The summed E-state index contributed by atoms with van der Waals surface area (Å²) in [5.41, 5.74) is 1.91. The van der Waals surface area contributed by atoms with Crippen molar-refractivity contribution in [2.45, 2.75) is 51.1 Å². The van der Waals surface area contributed by atoms with Crippen molar-refractivity contribution in [1.29, 1.82) is 0 Å². The molecule has 2 aliphatic rings. The smallest absolute Gasteiger partial charge is 0.163 e. The van der Waals surface area contributed by atoms with E-state index in [-0.39, 0.29) is 0 Å². The molecule has 100 valence electrons. The van der Waals surface area contributed by atoms with E-state index in [2.05, 4.69) is 20.5 Å². The van der Waals surface area contributed by atoms with Gasteiger partial charge in [0.25, 0.3) is 0 Å². The number of aromatic nitrogens is 4. The lowest BCUT2D eigenvalue weighted by Crippen LogP contribution is -2.38. The summed E-state index contributed by atoms with van der Waals surface area (Å²) in [6, 6.07) is 3.47. The van der Waals surface area contributed by atoms with Gasteiger partial charge in [0.15, 0.2) is 5.65 Å². The van der Waals surface area contributed by atoms with Crippen molar-refractivity contribution in [2.24, 2.45) is 5.92 Å². The lowest BCUT2D eigenvalue weighted by molar-refractivity contribution is 0.294. The summed E-state index contributed by atoms with van der Waals surface area (Å²) >= 11 is 0. The molecule has 2 aromatic heterocycles. The molecule has 2 bridgehead atoms. The third-order valence-corrected chi connectivity index (χ3v) is 4.55. The minimum absolute atomic E-state index is 0.739. The summed E-state index contributed by atoms with van der Waals surface area (Å²) in [5.74, 6) is 1.81. The van der Waals surface area contributed by atoms with Crippen LogP contribution < -0.4 is 5.32 Å². The summed E-state index contributed by atoms with van der Waals surface area (Å²) in [6.07, 6.45) is 8.15. The van der Waals surface area contributed by atoms with Crippen LogP contribution in [0.4, 0.5) is 0 Å². The molecule has 0 aliphatic carbocycles. The van der Waals surface area contributed by atoms with Gasteiger partial charge in [-0.05, 0) is 38.5 Å². The van der Waals surface area contributed by atoms with E-state index in [0.717, 1.165) is 41.6 Å². The van der Waals surface area contributed by atoms with Gasteiger partial charge in [0.05, 0.1) is 0 Å². The van der Waals surface area contributed by atoms with E-state index in [1.54, 1.807) is 0 Å². The lowest BCUT2D eigenvalue weighted by Gasteiger charge is -2.28. The number of nitrogens with zero attached hydrogens (tertiary/aromatic N) is 4. The predicted molar refractivity (Wildman–Crippen MR) is 71.9 cm³/mol. The molecule has 2 aliphatic heterocycles. The molecule has 2 unspecified atom stereocenters. The Morgan fingerprint density at radius 1 is 1.26 bits per heavy atom. The van der Waals surface area contributed by atoms with Crippen LogP contribution in [0.2, 0.25) is 0 Å². The maximum absolute atomic E-state index is 4.35. The minimum Gasteiger partial charge on any atom is -0.311 e. The highest BCUT2D eigenvalue weighted by Crippen LogP contribution is 2.32. The molecule has 5 heteroatoms. The molecular weight excluding hydrogens is 238 g/mol. The molecule has 0 saturated carbocycles. The van der Waals surface area contributed by atoms with E-state index in [1.165, 1.54) is 25.7 Å². The Morgan fingerprint density at radius 2 is 2.05 bits per heavy atom. The van der Waals surface area contributed by atoms with E-state index in [0.29, 0.717) is 0 Å². The normalized spacial score (nSPS) is 30.1. The molecule has 2 saturated heterocycles. The Labute approximate surface area is 112 Å². The topological polar surface area (TPSA) is 55.1 Å². The fourth-order valence-electron chi connectivity index (χ4n) is 3.67. The minimum atomic E-state index is 0.739. The molecule has 0 amide bonds. The van der Waals surface area contributed by atoms with Crippen molar-refractivity contribution in [3.63, 3.8) is 0 Å². The Balaban J connectivity index is 1.58. The van der Waals surface area contributed by atoms with Crippen molar-refractivity contribution >= 4 is 5.65 Å². The summed E-state index contributed by atoms with van der Waals surface area (Å²) < 4.78 is 2.04. The van der Waals surface area contributed by atoms with Gasteiger partial charge in [-0.3, -0.25) is 4.40 Å². The van der Waals surface area contributed by atoms with Crippen molar-refractivity contribution in [3.05, 3.63) is 23.9 Å². The second-order valence-corrected chi connectivity index (χ2v) is 6.05. The second-order valence-electron chi connectivity index (χ2n) is 6.05. The Bertz CT molecular complexity index is 593. The number of aryl methyl sites for hydroxylation is 1. The average molecular weight is 257 g/mol. The molecule has 1 N–H and O–H groups in total. The fourth-order valence-corrected chi connectivity index (χ4v) is 3.67. The summed E-state index contributed by atoms with van der Waals surface area (Å²) in [6.45, 7) is 1.98. The third kappa shape index (κ3) is 2.02. The highest BCUT2D eigenvalue weighted by atomic mass is 15.3. The van der Waals surface area contributed by atoms with Crippen molar-refractivity contribution < 1.29 is 0 Å². The molecule has 0 aromatic carbocycles. The van der Waals surface area contributed by atoms with Gasteiger partial charge < -0.3 is 5.32 Å². The average Bonchev–Trinajstić information content (AvgIpc) is 2.93. The Morgan fingerprint density at radius 3 is 2.84 bits per heavy atom. The quantitative estimate of drug-likeness (QED) is 0.886. The zero-order valence-corrected chi connectivity index (χ0v) is 11.2. The number of fused-ring (bicyclic) bond motifs is 3. The first-order chi connectivity index (χ1) is 9.28. The van der Waals surface area contributed by atoms with Crippen LogP contribution in [0.15, 0.2) is 12.4 Å². The van der Waals surface area contributed by atoms with E-state index in [1.807, 2.05) is 23.7 Å². The number of hydrogen-bond donors (Lipinski definition) is 1. The summed E-state index contributed by atoms with van der Waals surface area (Å²) in [5, 5.41) is 12.3. The Kier molecular flexibility index (Phi) is 2.55. The summed E-state index contributed by atoms with van der Waals surface area (Å²) in [4.78, 5) is 4.35. The van der Waals surface area contributed by atoms with Gasteiger partial charge in [0, 0.05) is 30.3 Å². The van der Waals surface area contributed by atoms with Crippen LogP contribution >= 0.6 is 0 Å². The van der Waals surface area contributed by atoms with Crippen LogP contribution in [0.5, 0.6) is 0 Å². The standard InChI is InChI=1S/C14H19N5/c1-9-4-13-17-18-14(19(13)8-15-9)7-10-5-11-2-3-12(6-10)16-11/h4,8,10-12,16H,2-3,5-7H2,1H3. The number of hydrogen-bond acceptors (Lipinski definition) is 4. The van der Waals surface area contributed by atoms with Crippen LogP contribution in [0, 0.1) is 12.8 Å². The number of nitrogens with one attached hydrogen (secondary N) is 1. The van der Waals surface area contributed by atoms with Crippen molar-refractivity contribution in [3.8, 4) is 0 Å². The molecule has 5 nitrogen and oxygen atoms in total. The van der Waals surface area contributed by atoms with E-state index in [4.69, 9.17) is 0 Å². The molecule has 4 rings (SSSR count). The highest BCUT2D eigenvalue weighted by Gasteiger charge is 2.33. The first-order valence-electron chi connectivity index (χ1n) is 7.20. The van der Waals surface area contributed by atoms with Gasteiger partial charge in [-0.15, -0.1) is 10.2 Å². The monoisotopic (exact) mass is 257 g/mol. The second kappa shape index (κ2) is 4.27. The van der Waals surface area contributed by atoms with Gasteiger partial charge in [-0.1, -0.05) is 0 Å².